The predicted molar refractivity (Wildman–Crippen MR) is 132 cm³/mol. The van der Waals surface area contributed by atoms with Crippen molar-refractivity contribution in [3.05, 3.63) is 95.5 Å². The molecule has 4 aromatic rings. The minimum Gasteiger partial charge on any atom is -0.497 e. The third-order valence-electron chi connectivity index (χ3n) is 4.87. The fourth-order valence-corrected chi connectivity index (χ4v) is 3.44. The Hall–Kier alpha value is -4.37. The zero-order valence-corrected chi connectivity index (χ0v) is 19.1. The lowest BCUT2D eigenvalue weighted by atomic mass is 10.2. The molecule has 9 heteroatoms. The Morgan fingerprint density at radius 2 is 1.68 bits per heavy atom. The first kappa shape index (κ1) is 22.8. The monoisotopic (exact) mass is 474 g/mol. The maximum Gasteiger partial charge on any atom is 0.262 e. The first-order chi connectivity index (χ1) is 16.5. The Balaban J connectivity index is 1.32. The fourth-order valence-electron chi connectivity index (χ4n) is 3.21. The van der Waals surface area contributed by atoms with Gasteiger partial charge in [-0.2, -0.15) is 0 Å². The average Bonchev–Trinajstić information content (AvgIpc) is 3.29. The summed E-state index contributed by atoms with van der Waals surface area (Å²) < 4.78 is 13.0. The number of aromatic amines is 1. The van der Waals surface area contributed by atoms with Crippen LogP contribution in [0, 0.1) is 4.77 Å². The number of nitrogens with zero attached hydrogens (tertiary/aromatic N) is 1. The third kappa shape index (κ3) is 5.70. The van der Waals surface area contributed by atoms with E-state index in [2.05, 4.69) is 15.6 Å². The first-order valence-corrected chi connectivity index (χ1v) is 10.8. The van der Waals surface area contributed by atoms with Crippen molar-refractivity contribution in [1.82, 2.24) is 9.55 Å². The van der Waals surface area contributed by atoms with Gasteiger partial charge in [-0.05, 0) is 66.8 Å². The zero-order valence-electron chi connectivity index (χ0n) is 18.3. The number of ether oxygens (including phenoxy) is 2. The van der Waals surface area contributed by atoms with Gasteiger partial charge in [-0.1, -0.05) is 12.1 Å². The van der Waals surface area contributed by atoms with Gasteiger partial charge in [-0.25, -0.2) is 0 Å². The van der Waals surface area contributed by atoms with Crippen LogP contribution in [0.2, 0.25) is 0 Å². The number of carbonyl (C=O) groups is 2. The number of hydrogen-bond acceptors (Lipinski definition) is 5. The van der Waals surface area contributed by atoms with Crippen LogP contribution in [0.3, 0.4) is 0 Å². The van der Waals surface area contributed by atoms with E-state index in [1.807, 2.05) is 29.0 Å². The molecule has 172 valence electrons. The number of H-pyrrole nitrogens is 1. The summed E-state index contributed by atoms with van der Waals surface area (Å²) >= 11 is 5.25. The SMILES string of the molecule is COc1cccc(NC(=O)COc2ccc(C(=O)Nc3cccc(-n4cc[nH]c4=S)c3)cc2)c1. The van der Waals surface area contributed by atoms with Crippen LogP contribution >= 0.6 is 12.2 Å². The molecule has 0 aliphatic heterocycles. The second-order valence-electron chi connectivity index (χ2n) is 7.23. The summed E-state index contributed by atoms with van der Waals surface area (Å²) in [5, 5.41) is 5.62. The van der Waals surface area contributed by atoms with Crippen molar-refractivity contribution in [2.24, 2.45) is 0 Å². The first-order valence-electron chi connectivity index (χ1n) is 10.4. The molecule has 4 rings (SSSR count). The van der Waals surface area contributed by atoms with E-state index < -0.39 is 0 Å². The smallest absolute Gasteiger partial charge is 0.262 e. The Labute approximate surface area is 201 Å². The number of hydrogen-bond donors (Lipinski definition) is 3. The number of carbonyl (C=O) groups excluding carboxylic acids is 2. The van der Waals surface area contributed by atoms with Gasteiger partial charge in [-0.3, -0.25) is 14.2 Å². The van der Waals surface area contributed by atoms with Crippen LogP contribution in [0.25, 0.3) is 5.69 Å². The van der Waals surface area contributed by atoms with Crippen molar-refractivity contribution >= 4 is 35.4 Å². The number of anilines is 2. The summed E-state index contributed by atoms with van der Waals surface area (Å²) in [5.74, 6) is 0.545. The molecule has 0 unspecified atom stereocenters. The summed E-state index contributed by atoms with van der Waals surface area (Å²) in [7, 11) is 1.56. The van der Waals surface area contributed by atoms with E-state index in [4.69, 9.17) is 21.7 Å². The van der Waals surface area contributed by atoms with Gasteiger partial charge in [0, 0.05) is 41.1 Å². The summed E-state index contributed by atoms with van der Waals surface area (Å²) in [5.41, 5.74) is 2.54. The molecule has 0 bridgehead atoms. The van der Waals surface area contributed by atoms with Crippen LogP contribution in [0.15, 0.2) is 85.2 Å². The number of imidazole rings is 1. The van der Waals surface area contributed by atoms with Crippen molar-refractivity contribution < 1.29 is 19.1 Å². The number of benzene rings is 3. The van der Waals surface area contributed by atoms with E-state index >= 15 is 0 Å². The maximum absolute atomic E-state index is 12.7. The molecule has 0 saturated carbocycles. The van der Waals surface area contributed by atoms with E-state index in [0.29, 0.717) is 33.2 Å². The zero-order chi connectivity index (χ0) is 23.9. The van der Waals surface area contributed by atoms with Gasteiger partial charge >= 0.3 is 0 Å². The van der Waals surface area contributed by atoms with Gasteiger partial charge in [0.2, 0.25) is 0 Å². The molecule has 1 aromatic heterocycles. The molecule has 0 fully saturated rings. The quantitative estimate of drug-likeness (QED) is 0.318. The molecule has 0 saturated heterocycles. The van der Waals surface area contributed by atoms with Gasteiger partial charge in [0.25, 0.3) is 11.8 Å². The van der Waals surface area contributed by atoms with Crippen LogP contribution in [0.4, 0.5) is 11.4 Å². The van der Waals surface area contributed by atoms with Crippen molar-refractivity contribution in [3.8, 4) is 17.2 Å². The molecule has 2 amide bonds. The Morgan fingerprint density at radius 1 is 0.941 bits per heavy atom. The van der Waals surface area contributed by atoms with Gasteiger partial charge in [0.1, 0.15) is 11.5 Å². The summed E-state index contributed by atoms with van der Waals surface area (Å²) in [4.78, 5) is 27.7. The molecular formula is C25H22N4O4S. The van der Waals surface area contributed by atoms with Gasteiger partial charge < -0.3 is 25.1 Å². The highest BCUT2D eigenvalue weighted by Gasteiger charge is 2.09. The summed E-state index contributed by atoms with van der Waals surface area (Å²) in [6.07, 6.45) is 3.57. The third-order valence-corrected chi connectivity index (χ3v) is 5.19. The molecule has 0 radical (unpaired) electrons. The Bertz CT molecular complexity index is 1360. The number of amides is 2. The largest absolute Gasteiger partial charge is 0.497 e. The average molecular weight is 475 g/mol. The highest BCUT2D eigenvalue weighted by Crippen LogP contribution is 2.19. The second kappa shape index (κ2) is 10.5. The van der Waals surface area contributed by atoms with Crippen molar-refractivity contribution in [3.63, 3.8) is 0 Å². The fraction of sp³-hybridized carbons (Fsp3) is 0.0800. The molecule has 0 spiro atoms. The molecule has 0 atom stereocenters. The molecule has 34 heavy (non-hydrogen) atoms. The Morgan fingerprint density at radius 3 is 2.38 bits per heavy atom. The Kier molecular flexibility index (Phi) is 7.04. The lowest BCUT2D eigenvalue weighted by molar-refractivity contribution is -0.118. The summed E-state index contributed by atoms with van der Waals surface area (Å²) in [6.45, 7) is -0.169. The van der Waals surface area contributed by atoms with Gasteiger partial charge in [0.15, 0.2) is 11.4 Å². The van der Waals surface area contributed by atoms with E-state index in [9.17, 15) is 9.59 Å². The highest BCUT2D eigenvalue weighted by atomic mass is 32.1. The van der Waals surface area contributed by atoms with Crippen molar-refractivity contribution in [2.75, 3.05) is 24.4 Å². The van der Waals surface area contributed by atoms with Crippen molar-refractivity contribution in [1.29, 1.82) is 0 Å². The highest BCUT2D eigenvalue weighted by molar-refractivity contribution is 7.71. The van der Waals surface area contributed by atoms with Crippen LogP contribution in [-0.2, 0) is 4.79 Å². The molecule has 0 aliphatic rings. The molecule has 3 N–H and O–H groups in total. The van der Waals surface area contributed by atoms with Crippen LogP contribution < -0.4 is 20.1 Å². The number of rotatable bonds is 8. The normalized spacial score (nSPS) is 10.4. The van der Waals surface area contributed by atoms with Crippen LogP contribution in [0.5, 0.6) is 11.5 Å². The van der Waals surface area contributed by atoms with Crippen molar-refractivity contribution in [2.45, 2.75) is 0 Å². The number of nitrogens with one attached hydrogen (secondary N) is 3. The molecule has 3 aromatic carbocycles. The topological polar surface area (TPSA) is 97.4 Å². The van der Waals surface area contributed by atoms with Gasteiger partial charge in [0.05, 0.1) is 7.11 Å². The van der Waals surface area contributed by atoms with E-state index in [1.54, 1.807) is 67.9 Å². The lowest BCUT2D eigenvalue weighted by Gasteiger charge is -2.10. The number of methoxy groups -OCH3 is 1. The maximum atomic E-state index is 12.7. The van der Waals surface area contributed by atoms with E-state index in [0.717, 1.165) is 5.69 Å². The van der Waals surface area contributed by atoms with Crippen LogP contribution in [0.1, 0.15) is 10.4 Å². The standard InChI is InChI=1S/C25H22N4O4S/c1-32-22-7-3-5-19(15-22)27-23(30)16-33-21-10-8-17(9-11-21)24(31)28-18-4-2-6-20(14-18)29-13-12-26-25(29)34/h2-15H,16H2,1H3,(H,26,34)(H,27,30)(H,28,31). The molecule has 8 nitrogen and oxygen atoms in total. The molecule has 1 heterocycles. The second-order valence-corrected chi connectivity index (χ2v) is 7.62. The van der Waals surface area contributed by atoms with E-state index in [-0.39, 0.29) is 18.4 Å². The van der Waals surface area contributed by atoms with Gasteiger partial charge in [-0.15, -0.1) is 0 Å². The minimum atomic E-state index is -0.308. The summed E-state index contributed by atoms with van der Waals surface area (Å²) in [6, 6.07) is 21.0. The number of aromatic nitrogens is 2. The van der Waals surface area contributed by atoms with Crippen LogP contribution in [-0.4, -0.2) is 35.1 Å². The lowest BCUT2D eigenvalue weighted by Crippen LogP contribution is -2.20. The van der Waals surface area contributed by atoms with E-state index in [1.165, 1.54) is 0 Å². The molecule has 0 aliphatic carbocycles. The predicted octanol–water partition coefficient (Wildman–Crippen LogP) is 4.81. The minimum absolute atomic E-state index is 0.169. The molecular weight excluding hydrogens is 452 g/mol.